The van der Waals surface area contributed by atoms with Gasteiger partial charge in [0.05, 0.1) is 13.2 Å². The Hall–Kier alpha value is -1.42. The van der Waals surface area contributed by atoms with Crippen LogP contribution in [0.1, 0.15) is 19.8 Å². The Bertz CT molecular complexity index is 255. The number of amides is 1. The van der Waals surface area contributed by atoms with Gasteiger partial charge in [-0.05, 0) is 24.3 Å². The van der Waals surface area contributed by atoms with Gasteiger partial charge in [-0.15, -0.1) is 0 Å². The first kappa shape index (κ1) is 11.7. The van der Waals surface area contributed by atoms with Crippen LogP contribution in [0.2, 0.25) is 0 Å². The third-order valence-electron chi connectivity index (χ3n) is 2.52. The van der Waals surface area contributed by atoms with Crippen molar-refractivity contribution in [2.24, 2.45) is 11.0 Å². The minimum absolute atomic E-state index is 0.162. The number of rotatable bonds is 3. The summed E-state index contributed by atoms with van der Waals surface area (Å²) in [6.45, 7) is 4.08. The first-order chi connectivity index (χ1) is 7.24. The van der Waals surface area contributed by atoms with Crippen LogP contribution in [0.4, 0.5) is 4.79 Å². The van der Waals surface area contributed by atoms with Crippen molar-refractivity contribution in [3.63, 3.8) is 0 Å². The van der Waals surface area contributed by atoms with Gasteiger partial charge in [0.1, 0.15) is 0 Å². The van der Waals surface area contributed by atoms with E-state index in [4.69, 9.17) is 10.3 Å². The Labute approximate surface area is 88.8 Å². The normalized spacial score (nSPS) is 17.0. The van der Waals surface area contributed by atoms with Crippen molar-refractivity contribution < 1.29 is 9.53 Å². The number of likely N-dealkylation sites (tertiary alicyclic amines) is 1. The first-order valence-corrected chi connectivity index (χ1v) is 5.16. The molecule has 1 aliphatic heterocycles. The monoisotopic (exact) mass is 212 g/mol. The minimum Gasteiger partial charge on any atom is -0.449 e. The van der Waals surface area contributed by atoms with Gasteiger partial charge in [0, 0.05) is 18.0 Å². The minimum atomic E-state index is -0.296. The summed E-state index contributed by atoms with van der Waals surface area (Å²) in [4.78, 5) is 15.7. The number of piperidine rings is 1. The Kier molecular flexibility index (Phi) is 4.77. The fourth-order valence-corrected chi connectivity index (χ4v) is 1.50. The molecule has 0 atom stereocenters. The van der Waals surface area contributed by atoms with Crippen LogP contribution in [0.15, 0.2) is 5.11 Å². The highest BCUT2D eigenvalue weighted by atomic mass is 16.6. The van der Waals surface area contributed by atoms with Gasteiger partial charge in [-0.25, -0.2) is 4.79 Å². The summed E-state index contributed by atoms with van der Waals surface area (Å²) in [6.07, 6.45) is 1.77. The highest BCUT2D eigenvalue weighted by molar-refractivity contribution is 5.67. The average Bonchev–Trinajstić information content (AvgIpc) is 2.25. The molecule has 0 aromatic heterocycles. The molecule has 0 aliphatic carbocycles. The van der Waals surface area contributed by atoms with E-state index in [1.54, 1.807) is 4.90 Å². The molecule has 6 nitrogen and oxygen atoms in total. The van der Waals surface area contributed by atoms with E-state index >= 15 is 0 Å². The first-order valence-electron chi connectivity index (χ1n) is 5.16. The fourth-order valence-electron chi connectivity index (χ4n) is 1.50. The largest absolute Gasteiger partial charge is 0.449 e. The second kappa shape index (κ2) is 6.14. The summed E-state index contributed by atoms with van der Waals surface area (Å²) >= 11 is 0. The topological polar surface area (TPSA) is 78.3 Å². The molecule has 0 spiro atoms. The summed E-state index contributed by atoms with van der Waals surface area (Å²) < 4.78 is 4.94. The maximum Gasteiger partial charge on any atom is 0.409 e. The molecule has 84 valence electrons. The van der Waals surface area contributed by atoms with Crippen LogP contribution in [0.5, 0.6) is 0 Å². The Morgan fingerprint density at radius 3 is 2.87 bits per heavy atom. The maximum atomic E-state index is 11.4. The molecule has 1 aliphatic rings. The zero-order chi connectivity index (χ0) is 11.1. The highest BCUT2D eigenvalue weighted by Gasteiger charge is 2.20. The molecule has 15 heavy (non-hydrogen) atoms. The third-order valence-corrected chi connectivity index (χ3v) is 2.52. The van der Waals surface area contributed by atoms with Crippen molar-refractivity contribution in [1.82, 2.24) is 4.90 Å². The van der Waals surface area contributed by atoms with E-state index in [0.29, 0.717) is 5.92 Å². The number of ether oxygens (including phenoxy) is 1. The van der Waals surface area contributed by atoms with Gasteiger partial charge in [-0.2, -0.15) is 0 Å². The zero-order valence-corrected chi connectivity index (χ0v) is 8.93. The van der Waals surface area contributed by atoms with Crippen molar-refractivity contribution in [2.75, 3.05) is 26.2 Å². The quantitative estimate of drug-likeness (QED) is 0.311. The number of carbonyl (C=O) groups is 1. The molecule has 1 heterocycles. The van der Waals surface area contributed by atoms with Crippen molar-refractivity contribution >= 4 is 6.09 Å². The summed E-state index contributed by atoms with van der Waals surface area (Å²) in [5.74, 6) is 0.692. The smallest absolute Gasteiger partial charge is 0.409 e. The van der Waals surface area contributed by atoms with E-state index in [2.05, 4.69) is 16.9 Å². The number of azide groups is 1. The number of carbonyl (C=O) groups excluding carboxylic acids is 1. The van der Waals surface area contributed by atoms with Crippen LogP contribution in [0, 0.1) is 5.92 Å². The van der Waals surface area contributed by atoms with Gasteiger partial charge in [0.25, 0.3) is 0 Å². The maximum absolute atomic E-state index is 11.4. The summed E-state index contributed by atoms with van der Waals surface area (Å²) in [5.41, 5.74) is 8.02. The lowest BCUT2D eigenvalue weighted by Gasteiger charge is -2.29. The van der Waals surface area contributed by atoms with E-state index in [1.165, 1.54) is 0 Å². The summed E-state index contributed by atoms with van der Waals surface area (Å²) in [5, 5.41) is 3.29. The SMILES string of the molecule is CC1CCN(C(=O)OCCN=[N+]=[N-])CC1. The molecule has 0 bridgehead atoms. The van der Waals surface area contributed by atoms with E-state index in [0.717, 1.165) is 25.9 Å². The summed E-state index contributed by atoms with van der Waals surface area (Å²) in [7, 11) is 0. The molecule has 1 fully saturated rings. The standard InChI is InChI=1S/C9H16N4O2/c1-8-2-5-13(6-3-8)9(14)15-7-4-11-12-10/h8H,2-7H2,1H3. The molecule has 1 saturated heterocycles. The van der Waals surface area contributed by atoms with Gasteiger partial charge in [0.2, 0.25) is 0 Å². The number of hydrogen-bond donors (Lipinski definition) is 0. The van der Waals surface area contributed by atoms with E-state index in [1.807, 2.05) is 0 Å². The van der Waals surface area contributed by atoms with Gasteiger partial charge in [-0.1, -0.05) is 12.0 Å². The molecule has 1 amide bonds. The van der Waals surface area contributed by atoms with Crippen LogP contribution < -0.4 is 0 Å². The molecular weight excluding hydrogens is 196 g/mol. The van der Waals surface area contributed by atoms with Crippen molar-refractivity contribution in [3.05, 3.63) is 10.4 Å². The molecule has 1 rings (SSSR count). The highest BCUT2D eigenvalue weighted by Crippen LogP contribution is 2.16. The Morgan fingerprint density at radius 2 is 2.27 bits per heavy atom. The predicted octanol–water partition coefficient (Wildman–Crippen LogP) is 2.17. The van der Waals surface area contributed by atoms with Gasteiger partial charge in [0.15, 0.2) is 0 Å². The van der Waals surface area contributed by atoms with Crippen molar-refractivity contribution in [2.45, 2.75) is 19.8 Å². The molecular formula is C9H16N4O2. The molecule has 0 aromatic rings. The van der Waals surface area contributed by atoms with E-state index in [9.17, 15) is 4.79 Å². The molecule has 0 aromatic carbocycles. The molecule has 0 radical (unpaired) electrons. The average molecular weight is 212 g/mol. The van der Waals surface area contributed by atoms with Crippen LogP contribution in [-0.2, 0) is 4.74 Å². The number of hydrogen-bond acceptors (Lipinski definition) is 3. The molecule has 0 saturated carbocycles. The van der Waals surface area contributed by atoms with Crippen LogP contribution in [0.25, 0.3) is 10.4 Å². The molecule has 0 N–H and O–H groups in total. The third kappa shape index (κ3) is 4.08. The van der Waals surface area contributed by atoms with Crippen LogP contribution >= 0.6 is 0 Å². The van der Waals surface area contributed by atoms with Crippen molar-refractivity contribution in [3.8, 4) is 0 Å². The summed E-state index contributed by atoms with van der Waals surface area (Å²) in [6, 6.07) is 0. The van der Waals surface area contributed by atoms with Gasteiger partial charge in [-0.3, -0.25) is 0 Å². The number of nitrogens with zero attached hydrogens (tertiary/aromatic N) is 4. The van der Waals surface area contributed by atoms with Crippen molar-refractivity contribution in [1.29, 1.82) is 0 Å². The Balaban J connectivity index is 2.19. The molecule has 6 heteroatoms. The lowest BCUT2D eigenvalue weighted by Crippen LogP contribution is -2.38. The molecule has 0 unspecified atom stereocenters. The predicted molar refractivity (Wildman–Crippen MR) is 55.3 cm³/mol. The van der Waals surface area contributed by atoms with Crippen LogP contribution in [-0.4, -0.2) is 37.2 Å². The second-order valence-electron chi connectivity index (χ2n) is 3.74. The lowest BCUT2D eigenvalue weighted by atomic mass is 10.00. The second-order valence-corrected chi connectivity index (χ2v) is 3.74. The van der Waals surface area contributed by atoms with Gasteiger partial charge < -0.3 is 9.64 Å². The fraction of sp³-hybridized carbons (Fsp3) is 0.889. The van der Waals surface area contributed by atoms with Gasteiger partial charge >= 0.3 is 6.09 Å². The zero-order valence-electron chi connectivity index (χ0n) is 8.93. The van der Waals surface area contributed by atoms with E-state index in [-0.39, 0.29) is 19.2 Å². The Morgan fingerprint density at radius 1 is 1.60 bits per heavy atom. The lowest BCUT2D eigenvalue weighted by molar-refractivity contribution is 0.0915. The van der Waals surface area contributed by atoms with Crippen LogP contribution in [0.3, 0.4) is 0 Å². The van der Waals surface area contributed by atoms with E-state index < -0.39 is 0 Å².